The molecule has 3 heterocycles. The minimum atomic E-state index is -0.258. The van der Waals surface area contributed by atoms with Crippen molar-refractivity contribution in [2.24, 2.45) is 0 Å². The van der Waals surface area contributed by atoms with Crippen LogP contribution in [-0.4, -0.2) is 98.6 Å². The number of amides is 2. The Hall–Kier alpha value is -2.48. The average molecular weight is 482 g/mol. The van der Waals surface area contributed by atoms with E-state index in [1.807, 2.05) is 36.0 Å². The second-order valence-corrected chi connectivity index (χ2v) is 10.2. The molecule has 0 aliphatic carbocycles. The van der Waals surface area contributed by atoms with E-state index in [1.165, 1.54) is 37.2 Å². The molecule has 3 atom stereocenters. The largest absolute Gasteiger partial charge is 0.323 e. The van der Waals surface area contributed by atoms with Crippen LogP contribution in [0.3, 0.4) is 0 Å². The molecule has 7 heteroatoms. The summed E-state index contributed by atoms with van der Waals surface area (Å²) in [5.41, 5.74) is 3.36. The molecule has 3 aliphatic heterocycles. The van der Waals surface area contributed by atoms with Gasteiger partial charge in [-0.2, -0.15) is 0 Å². The number of likely N-dealkylation sites (tertiary alicyclic amines) is 2. The third kappa shape index (κ3) is 6.02. The van der Waals surface area contributed by atoms with Crippen LogP contribution in [0.25, 0.3) is 0 Å². The summed E-state index contributed by atoms with van der Waals surface area (Å²) in [4.78, 5) is 21.9. The summed E-state index contributed by atoms with van der Waals surface area (Å²) in [7, 11) is 8.20. The molecule has 2 aromatic rings. The second kappa shape index (κ2) is 11.5. The highest BCUT2D eigenvalue weighted by molar-refractivity contribution is 5.76. The van der Waals surface area contributed by atoms with E-state index < -0.39 is 0 Å². The number of nitrogens with one attached hydrogen (secondary N) is 1. The molecule has 2 amide bonds. The van der Waals surface area contributed by atoms with Gasteiger partial charge in [-0.3, -0.25) is 0 Å². The topological polar surface area (TPSA) is 42.1 Å². The molecule has 6 nitrogen and oxygen atoms in total. The molecule has 3 aliphatic rings. The molecule has 190 valence electrons. The van der Waals surface area contributed by atoms with Gasteiger partial charge in [-0.15, -0.1) is 0 Å². The maximum atomic E-state index is 13.5. The Morgan fingerprint density at radius 3 is 2.26 bits per heavy atom. The Bertz CT molecular complexity index is 984. The number of fused-ring (bicyclic) bond motifs is 1. The van der Waals surface area contributed by atoms with E-state index in [1.54, 1.807) is 12.1 Å². The number of carbonyl (C=O) groups is 1. The lowest BCUT2D eigenvalue weighted by molar-refractivity contribution is 0.132. The Morgan fingerprint density at radius 1 is 0.971 bits per heavy atom. The van der Waals surface area contributed by atoms with Gasteiger partial charge >= 0.3 is 6.03 Å². The lowest BCUT2D eigenvalue weighted by atomic mass is 9.88. The number of hydrogen-bond donors (Lipinski definition) is 1. The number of hydrogen-bond acceptors (Lipinski definition) is 4. The van der Waals surface area contributed by atoms with E-state index in [0.29, 0.717) is 6.54 Å². The van der Waals surface area contributed by atoms with Gasteiger partial charge in [0.25, 0.3) is 0 Å². The van der Waals surface area contributed by atoms with Crippen LogP contribution in [0, 0.1) is 5.82 Å². The fraction of sp³-hybridized carbons (Fsp3) is 0.536. The number of benzene rings is 2. The first-order valence-corrected chi connectivity index (χ1v) is 12.8. The van der Waals surface area contributed by atoms with E-state index in [-0.39, 0.29) is 23.9 Å². The van der Waals surface area contributed by atoms with Crippen LogP contribution in [0.2, 0.25) is 0 Å². The highest BCUT2D eigenvalue weighted by Crippen LogP contribution is 2.36. The molecule has 2 saturated heterocycles. The Labute approximate surface area is 209 Å². The predicted octanol–water partition coefficient (Wildman–Crippen LogP) is 3.44. The number of carbonyl (C=O) groups excluding carboxylic acids is 1. The van der Waals surface area contributed by atoms with Crippen LogP contribution in [-0.2, 0) is 6.42 Å². The number of rotatable bonds is 3. The van der Waals surface area contributed by atoms with Crippen molar-refractivity contribution >= 4 is 6.03 Å². The van der Waals surface area contributed by atoms with Crippen LogP contribution in [0.1, 0.15) is 35.6 Å². The first-order chi connectivity index (χ1) is 16.9. The van der Waals surface area contributed by atoms with E-state index in [9.17, 15) is 9.18 Å². The molecule has 0 unspecified atom stereocenters. The first-order valence-electron chi connectivity index (χ1n) is 12.8. The molecular formula is C28H40FN5O. The van der Waals surface area contributed by atoms with Gasteiger partial charge in [0.1, 0.15) is 5.82 Å². The molecule has 0 spiro atoms. The molecule has 5 rings (SSSR count). The normalized spacial score (nSPS) is 24.6. The Kier molecular flexibility index (Phi) is 8.42. The number of urea groups is 1. The van der Waals surface area contributed by atoms with Crippen molar-refractivity contribution in [3.05, 3.63) is 71.0 Å². The van der Waals surface area contributed by atoms with Gasteiger partial charge in [-0.25, -0.2) is 9.18 Å². The van der Waals surface area contributed by atoms with Crippen LogP contribution < -0.4 is 5.32 Å². The van der Waals surface area contributed by atoms with Crippen molar-refractivity contribution in [1.29, 1.82) is 0 Å². The van der Waals surface area contributed by atoms with Gasteiger partial charge in [0.05, 0.1) is 6.04 Å². The minimum absolute atomic E-state index is 0.0547. The number of likely N-dealkylation sites (N-methyl/N-ethyl adjacent to an activating group) is 4. The number of nitrogens with zero attached hydrogens (tertiary/aromatic N) is 4. The van der Waals surface area contributed by atoms with Gasteiger partial charge in [-0.05, 0) is 82.3 Å². The van der Waals surface area contributed by atoms with E-state index in [2.05, 4.69) is 41.3 Å². The highest BCUT2D eigenvalue weighted by atomic mass is 19.1. The average Bonchev–Trinajstić information content (AvgIpc) is 3.51. The summed E-state index contributed by atoms with van der Waals surface area (Å²) in [6.45, 7) is 5.08. The minimum Gasteiger partial charge on any atom is -0.323 e. The lowest BCUT2D eigenvalue weighted by Crippen LogP contribution is -2.50. The van der Waals surface area contributed by atoms with Crippen LogP contribution >= 0.6 is 0 Å². The van der Waals surface area contributed by atoms with Crippen molar-refractivity contribution in [3.63, 3.8) is 0 Å². The van der Waals surface area contributed by atoms with Gasteiger partial charge < -0.3 is 24.9 Å². The maximum Gasteiger partial charge on any atom is 0.320 e. The van der Waals surface area contributed by atoms with Gasteiger partial charge in [-0.1, -0.05) is 36.4 Å². The summed E-state index contributed by atoms with van der Waals surface area (Å²) in [5.74, 6) is -0.258. The fourth-order valence-corrected chi connectivity index (χ4v) is 5.53. The van der Waals surface area contributed by atoms with Crippen LogP contribution in [0.15, 0.2) is 48.5 Å². The highest BCUT2D eigenvalue weighted by Gasteiger charge is 2.36. The van der Waals surface area contributed by atoms with Crippen molar-refractivity contribution in [3.8, 4) is 0 Å². The van der Waals surface area contributed by atoms with Crippen LogP contribution in [0.4, 0.5) is 9.18 Å². The monoisotopic (exact) mass is 481 g/mol. The first kappa shape index (κ1) is 25.6. The second-order valence-electron chi connectivity index (χ2n) is 10.2. The third-order valence-electron chi connectivity index (χ3n) is 7.73. The molecule has 0 bridgehead atoms. The SMILES string of the molecule is CN1CC[C@H](N(C)C(=O)N2CCc3ccccc3[C@@H]2c2ccc(F)cc2)C1.CN[C@H]1CCN(C)C1. The molecule has 2 fully saturated rings. The molecule has 0 radical (unpaired) electrons. The van der Waals surface area contributed by atoms with Crippen LogP contribution in [0.5, 0.6) is 0 Å². The molecular weight excluding hydrogens is 441 g/mol. The zero-order valence-corrected chi connectivity index (χ0v) is 21.6. The standard InChI is InChI=1S/C22H26FN3O.C6H14N2/c1-24-13-12-19(15-24)25(2)22(27)26-14-11-16-5-3-4-6-20(16)21(26)17-7-9-18(23)10-8-17;1-7-6-3-4-8(2)5-6/h3-10,19,21H,11-15H2,1-2H3;6-7H,3-5H2,1-2H3/t19-,21-;6-/m00/s1. The third-order valence-corrected chi connectivity index (χ3v) is 7.73. The molecule has 0 aromatic heterocycles. The number of halogens is 1. The maximum absolute atomic E-state index is 13.5. The van der Waals surface area contributed by atoms with Crippen molar-refractivity contribution in [2.45, 2.75) is 37.4 Å². The van der Waals surface area contributed by atoms with Gasteiger partial charge in [0.15, 0.2) is 0 Å². The fourth-order valence-electron chi connectivity index (χ4n) is 5.53. The quantitative estimate of drug-likeness (QED) is 0.729. The van der Waals surface area contributed by atoms with Crippen molar-refractivity contribution < 1.29 is 9.18 Å². The van der Waals surface area contributed by atoms with E-state index in [0.717, 1.165) is 43.1 Å². The molecule has 0 saturated carbocycles. The smallest absolute Gasteiger partial charge is 0.320 e. The molecule has 35 heavy (non-hydrogen) atoms. The van der Waals surface area contributed by atoms with Gasteiger partial charge in [0, 0.05) is 38.8 Å². The van der Waals surface area contributed by atoms with E-state index in [4.69, 9.17) is 0 Å². The summed E-state index contributed by atoms with van der Waals surface area (Å²) >= 11 is 0. The predicted molar refractivity (Wildman–Crippen MR) is 139 cm³/mol. The summed E-state index contributed by atoms with van der Waals surface area (Å²) in [6, 6.07) is 15.7. The summed E-state index contributed by atoms with van der Waals surface area (Å²) in [6.07, 6.45) is 3.16. The Morgan fingerprint density at radius 2 is 1.66 bits per heavy atom. The van der Waals surface area contributed by atoms with Gasteiger partial charge in [0.2, 0.25) is 0 Å². The molecule has 2 aromatic carbocycles. The van der Waals surface area contributed by atoms with E-state index >= 15 is 0 Å². The zero-order valence-electron chi connectivity index (χ0n) is 21.6. The van der Waals surface area contributed by atoms with Crippen molar-refractivity contribution in [2.75, 3.05) is 60.9 Å². The zero-order chi connectivity index (χ0) is 24.9. The summed E-state index contributed by atoms with van der Waals surface area (Å²) < 4.78 is 13.5. The Balaban J connectivity index is 0.000000308. The van der Waals surface area contributed by atoms with Crippen molar-refractivity contribution in [1.82, 2.24) is 24.9 Å². The molecule has 1 N–H and O–H groups in total. The lowest BCUT2D eigenvalue weighted by Gasteiger charge is -2.41. The summed E-state index contributed by atoms with van der Waals surface area (Å²) in [5, 5.41) is 3.25.